The van der Waals surface area contributed by atoms with Gasteiger partial charge in [-0.2, -0.15) is 0 Å². The van der Waals surface area contributed by atoms with E-state index < -0.39 is 0 Å². The summed E-state index contributed by atoms with van der Waals surface area (Å²) < 4.78 is 5.83. The summed E-state index contributed by atoms with van der Waals surface area (Å²) in [6.45, 7) is 7.06. The molecule has 0 saturated heterocycles. The van der Waals surface area contributed by atoms with Crippen molar-refractivity contribution in [1.29, 1.82) is 0 Å². The van der Waals surface area contributed by atoms with Crippen molar-refractivity contribution in [1.82, 2.24) is 4.98 Å². The van der Waals surface area contributed by atoms with Crippen LogP contribution in [0.4, 0.5) is 5.82 Å². The van der Waals surface area contributed by atoms with Crippen molar-refractivity contribution in [3.05, 3.63) is 53.7 Å². The standard InChI is InChI=1S/C16H21N3O/c1-16(2,3)13-5-4-6-14(10-13)20-11-12-7-8-18-15(9-12)19-17/h4-10H,11,17H2,1-3H3,(H,18,19). The maximum atomic E-state index is 5.83. The first-order valence-corrected chi connectivity index (χ1v) is 6.64. The van der Waals surface area contributed by atoms with Gasteiger partial charge in [0.15, 0.2) is 0 Å². The van der Waals surface area contributed by atoms with Crippen molar-refractivity contribution in [2.24, 2.45) is 5.84 Å². The molecule has 106 valence electrons. The number of ether oxygens (including phenoxy) is 1. The number of benzene rings is 1. The maximum absolute atomic E-state index is 5.83. The smallest absolute Gasteiger partial charge is 0.140 e. The van der Waals surface area contributed by atoms with Crippen LogP contribution in [-0.2, 0) is 12.0 Å². The Morgan fingerprint density at radius 3 is 2.70 bits per heavy atom. The van der Waals surface area contributed by atoms with Gasteiger partial charge in [-0.15, -0.1) is 0 Å². The first-order valence-electron chi connectivity index (χ1n) is 6.64. The maximum Gasteiger partial charge on any atom is 0.140 e. The highest BCUT2D eigenvalue weighted by Crippen LogP contribution is 2.26. The van der Waals surface area contributed by atoms with Crippen molar-refractivity contribution < 1.29 is 4.74 Å². The van der Waals surface area contributed by atoms with Crippen LogP contribution in [0, 0.1) is 0 Å². The van der Waals surface area contributed by atoms with E-state index in [9.17, 15) is 0 Å². The van der Waals surface area contributed by atoms with Gasteiger partial charge < -0.3 is 10.2 Å². The average Bonchev–Trinajstić information content (AvgIpc) is 2.45. The zero-order valence-corrected chi connectivity index (χ0v) is 12.2. The summed E-state index contributed by atoms with van der Waals surface area (Å²) in [6.07, 6.45) is 1.71. The highest BCUT2D eigenvalue weighted by molar-refractivity contribution is 5.36. The Morgan fingerprint density at radius 2 is 2.00 bits per heavy atom. The molecule has 2 aromatic rings. The zero-order valence-electron chi connectivity index (χ0n) is 12.2. The molecule has 0 amide bonds. The van der Waals surface area contributed by atoms with Crippen molar-refractivity contribution in [3.63, 3.8) is 0 Å². The lowest BCUT2D eigenvalue weighted by atomic mass is 9.87. The Bertz CT molecular complexity index is 576. The zero-order chi connectivity index (χ0) is 14.6. The topological polar surface area (TPSA) is 60.2 Å². The van der Waals surface area contributed by atoms with E-state index in [1.807, 2.05) is 24.3 Å². The van der Waals surface area contributed by atoms with Crippen molar-refractivity contribution in [3.8, 4) is 5.75 Å². The molecule has 0 aliphatic rings. The molecule has 0 saturated carbocycles. The first kappa shape index (κ1) is 14.3. The van der Waals surface area contributed by atoms with Gasteiger partial charge in [-0.05, 0) is 40.8 Å². The third kappa shape index (κ3) is 3.71. The number of nitrogens with zero attached hydrogens (tertiary/aromatic N) is 1. The summed E-state index contributed by atoms with van der Waals surface area (Å²) in [5.74, 6) is 6.85. The number of nitrogens with two attached hydrogens (primary N) is 1. The van der Waals surface area contributed by atoms with E-state index in [0.717, 1.165) is 11.3 Å². The van der Waals surface area contributed by atoms with E-state index in [1.54, 1.807) is 6.20 Å². The van der Waals surface area contributed by atoms with Crippen LogP contribution in [0.5, 0.6) is 5.75 Å². The molecule has 1 heterocycles. The lowest BCUT2D eigenvalue weighted by molar-refractivity contribution is 0.305. The van der Waals surface area contributed by atoms with Gasteiger partial charge in [-0.25, -0.2) is 10.8 Å². The van der Waals surface area contributed by atoms with Gasteiger partial charge >= 0.3 is 0 Å². The normalized spacial score (nSPS) is 11.2. The van der Waals surface area contributed by atoms with Crippen LogP contribution in [-0.4, -0.2) is 4.98 Å². The number of nitrogens with one attached hydrogen (secondary N) is 1. The molecule has 1 aromatic carbocycles. The summed E-state index contributed by atoms with van der Waals surface area (Å²) in [7, 11) is 0. The molecule has 4 heteroatoms. The van der Waals surface area contributed by atoms with Gasteiger partial charge in [0, 0.05) is 6.20 Å². The molecule has 4 nitrogen and oxygen atoms in total. The van der Waals surface area contributed by atoms with Gasteiger partial charge in [-0.1, -0.05) is 32.9 Å². The Balaban J connectivity index is 2.07. The van der Waals surface area contributed by atoms with Gasteiger partial charge in [-0.3, -0.25) is 0 Å². The Kier molecular flexibility index (Phi) is 4.25. The summed E-state index contributed by atoms with van der Waals surface area (Å²) in [4.78, 5) is 4.07. The van der Waals surface area contributed by atoms with Gasteiger partial charge in [0.25, 0.3) is 0 Å². The minimum absolute atomic E-state index is 0.118. The molecule has 0 unspecified atom stereocenters. The van der Waals surface area contributed by atoms with Gasteiger partial charge in [0.05, 0.1) is 0 Å². The summed E-state index contributed by atoms with van der Waals surface area (Å²) >= 11 is 0. The fourth-order valence-corrected chi connectivity index (χ4v) is 1.86. The predicted octanol–water partition coefficient (Wildman–Crippen LogP) is 3.24. The van der Waals surface area contributed by atoms with E-state index in [1.165, 1.54) is 5.56 Å². The molecule has 1 aromatic heterocycles. The van der Waals surface area contributed by atoms with E-state index in [2.05, 4.69) is 43.3 Å². The second-order valence-corrected chi connectivity index (χ2v) is 5.76. The Morgan fingerprint density at radius 1 is 1.20 bits per heavy atom. The van der Waals surface area contributed by atoms with Crippen LogP contribution < -0.4 is 16.0 Å². The highest BCUT2D eigenvalue weighted by Gasteiger charge is 2.13. The van der Waals surface area contributed by atoms with Crippen molar-refractivity contribution in [2.45, 2.75) is 32.8 Å². The minimum atomic E-state index is 0.118. The fraction of sp³-hybridized carbons (Fsp3) is 0.312. The van der Waals surface area contributed by atoms with Crippen LogP contribution in [0.2, 0.25) is 0 Å². The fourth-order valence-electron chi connectivity index (χ4n) is 1.86. The molecule has 0 fully saturated rings. The molecule has 0 aliphatic heterocycles. The van der Waals surface area contributed by atoms with Gasteiger partial charge in [0.1, 0.15) is 18.2 Å². The summed E-state index contributed by atoms with van der Waals surface area (Å²) in [5.41, 5.74) is 4.93. The highest BCUT2D eigenvalue weighted by atomic mass is 16.5. The van der Waals surface area contributed by atoms with Crippen molar-refractivity contribution >= 4 is 5.82 Å². The van der Waals surface area contributed by atoms with E-state index in [0.29, 0.717) is 12.4 Å². The first-order chi connectivity index (χ1) is 9.49. The van der Waals surface area contributed by atoms with E-state index >= 15 is 0 Å². The second kappa shape index (κ2) is 5.92. The molecule has 0 radical (unpaired) electrons. The van der Waals surface area contributed by atoms with E-state index in [4.69, 9.17) is 10.6 Å². The molecule has 0 aliphatic carbocycles. The molecule has 0 bridgehead atoms. The van der Waals surface area contributed by atoms with Crippen molar-refractivity contribution in [2.75, 3.05) is 5.43 Å². The van der Waals surface area contributed by atoms with Crippen LogP contribution in [0.3, 0.4) is 0 Å². The number of anilines is 1. The number of pyridine rings is 1. The third-order valence-corrected chi connectivity index (χ3v) is 3.08. The summed E-state index contributed by atoms with van der Waals surface area (Å²) in [6, 6.07) is 12.0. The monoisotopic (exact) mass is 271 g/mol. The summed E-state index contributed by atoms with van der Waals surface area (Å²) in [5, 5.41) is 0. The predicted molar refractivity (Wildman–Crippen MR) is 81.5 cm³/mol. The number of hydrogen-bond donors (Lipinski definition) is 2. The Labute approximate surface area is 120 Å². The number of hydrazine groups is 1. The second-order valence-electron chi connectivity index (χ2n) is 5.76. The molecule has 20 heavy (non-hydrogen) atoms. The number of rotatable bonds is 4. The molecular formula is C16H21N3O. The van der Waals surface area contributed by atoms with Crippen LogP contribution in [0.25, 0.3) is 0 Å². The SMILES string of the molecule is CC(C)(C)c1cccc(OCc2ccnc(NN)c2)c1. The van der Waals surface area contributed by atoms with Gasteiger partial charge in [0.2, 0.25) is 0 Å². The molecular weight excluding hydrogens is 250 g/mol. The lowest BCUT2D eigenvalue weighted by Crippen LogP contribution is -2.11. The largest absolute Gasteiger partial charge is 0.489 e. The minimum Gasteiger partial charge on any atom is -0.489 e. The van der Waals surface area contributed by atoms with Crippen LogP contribution in [0.1, 0.15) is 31.9 Å². The van der Waals surface area contributed by atoms with E-state index in [-0.39, 0.29) is 5.41 Å². The number of hydrogen-bond acceptors (Lipinski definition) is 4. The molecule has 2 rings (SSSR count). The quantitative estimate of drug-likeness (QED) is 0.662. The Hall–Kier alpha value is -2.07. The molecule has 0 atom stereocenters. The lowest BCUT2D eigenvalue weighted by Gasteiger charge is -2.19. The van der Waals surface area contributed by atoms with Crippen LogP contribution >= 0.6 is 0 Å². The molecule has 3 N–H and O–H groups in total. The molecule has 0 spiro atoms. The number of nitrogen functional groups attached to an aromatic ring is 1. The third-order valence-electron chi connectivity index (χ3n) is 3.08. The average molecular weight is 271 g/mol. The number of aromatic nitrogens is 1. The van der Waals surface area contributed by atoms with Crippen LogP contribution in [0.15, 0.2) is 42.6 Å².